The number of rotatable bonds is 6. The van der Waals surface area contributed by atoms with Crippen molar-refractivity contribution in [3.05, 3.63) is 12.2 Å². The summed E-state index contributed by atoms with van der Waals surface area (Å²) in [6.07, 6.45) is 3.90. The molecule has 1 unspecified atom stereocenters. The van der Waals surface area contributed by atoms with Gasteiger partial charge in [0.25, 0.3) is 0 Å². The molecular weight excluding hydrogens is 445 g/mol. The van der Waals surface area contributed by atoms with E-state index < -0.39 is 0 Å². The molecule has 0 aliphatic carbocycles. The van der Waals surface area contributed by atoms with Gasteiger partial charge < -0.3 is 19.5 Å². The van der Waals surface area contributed by atoms with Crippen molar-refractivity contribution in [1.82, 2.24) is 29.9 Å². The van der Waals surface area contributed by atoms with Crippen molar-refractivity contribution < 1.29 is 4.74 Å². The van der Waals surface area contributed by atoms with Gasteiger partial charge in [-0.3, -0.25) is 9.89 Å². The average Bonchev–Trinajstić information content (AvgIpc) is 3.31. The topological polar surface area (TPSA) is 70.8 Å². The summed E-state index contributed by atoms with van der Waals surface area (Å²) < 4.78 is 7.57. The molecule has 0 radical (unpaired) electrons. The molecule has 2 fully saturated rings. The Morgan fingerprint density at radius 3 is 2.85 bits per heavy atom. The first-order valence-electron chi connectivity index (χ1n) is 9.53. The molecule has 3 heterocycles. The molecule has 2 aliphatic heterocycles. The number of hydrogen-bond donors (Lipinski definition) is 1. The van der Waals surface area contributed by atoms with E-state index in [9.17, 15) is 0 Å². The van der Waals surface area contributed by atoms with Crippen molar-refractivity contribution in [3.8, 4) is 0 Å². The van der Waals surface area contributed by atoms with Crippen LogP contribution in [0.1, 0.15) is 26.1 Å². The molecule has 1 aromatic rings. The second-order valence-corrected chi connectivity index (χ2v) is 6.57. The molecule has 0 amide bonds. The lowest BCUT2D eigenvalue weighted by molar-refractivity contribution is 0.0195. The monoisotopic (exact) mass is 477 g/mol. The van der Waals surface area contributed by atoms with Gasteiger partial charge in [-0.1, -0.05) is 6.92 Å². The lowest BCUT2D eigenvalue weighted by Crippen LogP contribution is -2.46. The van der Waals surface area contributed by atoms with E-state index in [-0.39, 0.29) is 24.0 Å². The van der Waals surface area contributed by atoms with Crippen LogP contribution in [0, 0.1) is 0 Å². The zero-order valence-electron chi connectivity index (χ0n) is 15.9. The van der Waals surface area contributed by atoms with E-state index in [0.29, 0.717) is 6.04 Å². The first-order chi connectivity index (χ1) is 12.3. The third-order valence-electron chi connectivity index (χ3n) is 4.97. The summed E-state index contributed by atoms with van der Waals surface area (Å²) in [5, 5.41) is 11.6. The highest BCUT2D eigenvalue weighted by molar-refractivity contribution is 14.0. The molecule has 148 valence electrons. The average molecular weight is 477 g/mol. The first-order valence-corrected chi connectivity index (χ1v) is 9.53. The fourth-order valence-corrected chi connectivity index (χ4v) is 3.60. The number of guanidine groups is 1. The summed E-state index contributed by atoms with van der Waals surface area (Å²) in [4.78, 5) is 9.80. The van der Waals surface area contributed by atoms with Gasteiger partial charge in [-0.05, 0) is 13.3 Å². The highest BCUT2D eigenvalue weighted by Gasteiger charge is 2.30. The summed E-state index contributed by atoms with van der Waals surface area (Å²) in [5.74, 6) is 2.05. The second-order valence-electron chi connectivity index (χ2n) is 6.57. The summed E-state index contributed by atoms with van der Waals surface area (Å²) in [6.45, 7) is 12.7. The predicted octanol–water partition coefficient (Wildman–Crippen LogP) is 0.831. The number of likely N-dealkylation sites (tertiary alicyclic amines) is 1. The summed E-state index contributed by atoms with van der Waals surface area (Å²) >= 11 is 0. The largest absolute Gasteiger partial charge is 0.379 e. The Morgan fingerprint density at radius 2 is 2.12 bits per heavy atom. The van der Waals surface area contributed by atoms with Crippen molar-refractivity contribution in [2.24, 2.45) is 4.99 Å². The van der Waals surface area contributed by atoms with Crippen molar-refractivity contribution in [3.63, 3.8) is 0 Å². The Balaban J connectivity index is 0.00000243. The summed E-state index contributed by atoms with van der Waals surface area (Å²) in [7, 11) is 0. The van der Waals surface area contributed by atoms with Crippen LogP contribution in [0.25, 0.3) is 0 Å². The fraction of sp³-hybridized carbons (Fsp3) is 0.824. The van der Waals surface area contributed by atoms with Gasteiger partial charge in [0.2, 0.25) is 0 Å². The van der Waals surface area contributed by atoms with Gasteiger partial charge in [0, 0.05) is 51.7 Å². The standard InChI is InChI=1S/C17H31N7O.HI/c1-3-16-21-20-14-24(16)8-6-19-17(18-4-2)23-7-5-15(13-23)22-9-11-25-12-10-22;/h14-15H,3-13H2,1-2H3,(H,18,19);1H. The Bertz CT molecular complexity index is 559. The van der Waals surface area contributed by atoms with Gasteiger partial charge in [0.05, 0.1) is 19.8 Å². The number of nitrogens with one attached hydrogen (secondary N) is 1. The maximum atomic E-state index is 5.48. The highest BCUT2D eigenvalue weighted by atomic mass is 127. The van der Waals surface area contributed by atoms with Gasteiger partial charge in [0.15, 0.2) is 5.96 Å². The molecular formula is C17H32IN7O. The number of halogens is 1. The molecule has 0 saturated carbocycles. The van der Waals surface area contributed by atoms with Crippen LogP contribution in [-0.4, -0.2) is 89.0 Å². The Morgan fingerprint density at radius 1 is 1.31 bits per heavy atom. The number of ether oxygens (including phenoxy) is 1. The minimum atomic E-state index is 0. The minimum absolute atomic E-state index is 0. The first kappa shape index (κ1) is 21.4. The van der Waals surface area contributed by atoms with Gasteiger partial charge in [-0.15, -0.1) is 34.2 Å². The van der Waals surface area contributed by atoms with E-state index in [1.807, 2.05) is 0 Å². The van der Waals surface area contributed by atoms with Crippen LogP contribution in [0.2, 0.25) is 0 Å². The van der Waals surface area contributed by atoms with E-state index in [2.05, 4.69) is 43.7 Å². The maximum absolute atomic E-state index is 5.48. The van der Waals surface area contributed by atoms with E-state index in [0.717, 1.165) is 77.2 Å². The number of morpholine rings is 1. The molecule has 26 heavy (non-hydrogen) atoms. The quantitative estimate of drug-likeness (QED) is 0.372. The molecule has 0 aromatic carbocycles. The normalized spacial score (nSPS) is 21.7. The van der Waals surface area contributed by atoms with Crippen LogP contribution in [0.15, 0.2) is 11.3 Å². The molecule has 1 aromatic heterocycles. The highest BCUT2D eigenvalue weighted by Crippen LogP contribution is 2.17. The molecule has 1 N–H and O–H groups in total. The lowest BCUT2D eigenvalue weighted by atomic mass is 10.2. The van der Waals surface area contributed by atoms with Crippen molar-refractivity contribution in [1.29, 1.82) is 0 Å². The van der Waals surface area contributed by atoms with Crippen molar-refractivity contribution in [2.75, 3.05) is 52.5 Å². The van der Waals surface area contributed by atoms with E-state index in [1.165, 1.54) is 6.42 Å². The van der Waals surface area contributed by atoms with Crippen LogP contribution >= 0.6 is 24.0 Å². The molecule has 0 bridgehead atoms. The molecule has 0 spiro atoms. The molecule has 8 nitrogen and oxygen atoms in total. The van der Waals surface area contributed by atoms with E-state index >= 15 is 0 Å². The smallest absolute Gasteiger partial charge is 0.194 e. The Kier molecular flexibility index (Phi) is 9.06. The van der Waals surface area contributed by atoms with Crippen LogP contribution in [0.5, 0.6) is 0 Å². The molecule has 3 rings (SSSR count). The fourth-order valence-electron chi connectivity index (χ4n) is 3.60. The molecule has 1 atom stereocenters. The van der Waals surface area contributed by atoms with Crippen LogP contribution < -0.4 is 5.32 Å². The summed E-state index contributed by atoms with van der Waals surface area (Å²) in [6, 6.07) is 0.622. The molecule has 2 aliphatic rings. The van der Waals surface area contributed by atoms with E-state index in [4.69, 9.17) is 9.73 Å². The third kappa shape index (κ3) is 5.53. The third-order valence-corrected chi connectivity index (χ3v) is 4.97. The zero-order valence-corrected chi connectivity index (χ0v) is 18.3. The number of aryl methyl sites for hydroxylation is 1. The van der Waals surface area contributed by atoms with Gasteiger partial charge >= 0.3 is 0 Å². The van der Waals surface area contributed by atoms with Crippen molar-refractivity contribution >= 4 is 29.9 Å². The van der Waals surface area contributed by atoms with Crippen molar-refractivity contribution in [2.45, 2.75) is 39.3 Å². The number of hydrogen-bond acceptors (Lipinski definition) is 5. The molecule has 2 saturated heterocycles. The van der Waals surface area contributed by atoms with Crippen LogP contribution in [0.3, 0.4) is 0 Å². The van der Waals surface area contributed by atoms with Crippen LogP contribution in [-0.2, 0) is 17.7 Å². The van der Waals surface area contributed by atoms with E-state index in [1.54, 1.807) is 6.33 Å². The Labute approximate surface area is 173 Å². The lowest BCUT2D eigenvalue weighted by Gasteiger charge is -2.32. The van der Waals surface area contributed by atoms with Gasteiger partial charge in [-0.25, -0.2) is 0 Å². The zero-order chi connectivity index (χ0) is 17.5. The number of aromatic nitrogens is 3. The minimum Gasteiger partial charge on any atom is -0.379 e. The maximum Gasteiger partial charge on any atom is 0.194 e. The summed E-state index contributed by atoms with van der Waals surface area (Å²) in [5.41, 5.74) is 0. The number of aliphatic imine (C=N–C) groups is 1. The Hall–Kier alpha value is -0.940. The number of nitrogens with zero attached hydrogens (tertiary/aromatic N) is 6. The SMILES string of the molecule is CCNC(=NCCn1cnnc1CC)N1CCC(N2CCOCC2)C1.I. The molecule has 9 heteroatoms. The van der Waals surface area contributed by atoms with Crippen LogP contribution in [0.4, 0.5) is 0 Å². The second kappa shape index (κ2) is 11.0. The van der Waals surface area contributed by atoms with Gasteiger partial charge in [0.1, 0.15) is 12.2 Å². The predicted molar refractivity (Wildman–Crippen MR) is 113 cm³/mol. The van der Waals surface area contributed by atoms with Gasteiger partial charge in [-0.2, -0.15) is 0 Å².